The lowest BCUT2D eigenvalue weighted by molar-refractivity contribution is 0.355. The van der Waals surface area contributed by atoms with Crippen LogP contribution in [0.4, 0.5) is 5.69 Å². The Balaban J connectivity index is 0.00000264. The molecule has 1 heterocycles. The molecule has 0 amide bonds. The van der Waals surface area contributed by atoms with Gasteiger partial charge in [0.05, 0.1) is 20.8 Å². The number of hydrogen-bond donors (Lipinski definition) is 2. The summed E-state index contributed by atoms with van der Waals surface area (Å²) in [5.41, 5.74) is 6.75. The quantitative estimate of drug-likeness (QED) is 0.400. The number of thiophene rings is 1. The van der Waals surface area contributed by atoms with E-state index >= 15 is 0 Å². The Morgan fingerprint density at radius 1 is 1.26 bits per heavy atom. The van der Waals surface area contributed by atoms with E-state index in [4.69, 9.17) is 15.2 Å². The number of anilines is 1. The largest absolute Gasteiger partial charge is 0.493 e. The number of rotatable bonds is 6. The average Bonchev–Trinajstić information content (AvgIpc) is 3.07. The third-order valence-electron chi connectivity index (χ3n) is 3.22. The van der Waals surface area contributed by atoms with Gasteiger partial charge in [0.15, 0.2) is 17.5 Å². The molecule has 1 unspecified atom stereocenters. The Morgan fingerprint density at radius 3 is 2.61 bits per heavy atom. The van der Waals surface area contributed by atoms with Crippen molar-refractivity contribution in [1.82, 2.24) is 0 Å². The summed E-state index contributed by atoms with van der Waals surface area (Å²) in [7, 11) is 3.20. The summed E-state index contributed by atoms with van der Waals surface area (Å²) in [6, 6.07) is 9.67. The zero-order valence-electron chi connectivity index (χ0n) is 13.4. The molecule has 23 heavy (non-hydrogen) atoms. The molecule has 0 aliphatic rings. The van der Waals surface area contributed by atoms with Crippen LogP contribution in [0.2, 0.25) is 0 Å². The third-order valence-corrected chi connectivity index (χ3v) is 4.32. The van der Waals surface area contributed by atoms with Crippen molar-refractivity contribution in [2.24, 2.45) is 10.7 Å². The van der Waals surface area contributed by atoms with Gasteiger partial charge < -0.3 is 20.5 Å². The summed E-state index contributed by atoms with van der Waals surface area (Å²) in [6.07, 6.45) is 0. The molecule has 0 saturated heterocycles. The molecule has 0 bridgehead atoms. The van der Waals surface area contributed by atoms with Crippen molar-refractivity contribution in [3.05, 3.63) is 40.6 Å². The van der Waals surface area contributed by atoms with E-state index < -0.39 is 0 Å². The smallest absolute Gasteiger partial charge is 0.193 e. The second-order valence-corrected chi connectivity index (χ2v) is 5.82. The Labute approximate surface area is 157 Å². The van der Waals surface area contributed by atoms with Gasteiger partial charge in [-0.05, 0) is 23.6 Å². The molecule has 2 aromatic rings. The Hall–Kier alpha value is -1.48. The van der Waals surface area contributed by atoms with Crippen molar-refractivity contribution < 1.29 is 9.47 Å². The van der Waals surface area contributed by atoms with E-state index in [-0.39, 0.29) is 24.0 Å². The molecule has 0 aliphatic heterocycles. The Bertz CT molecular complexity index is 632. The van der Waals surface area contributed by atoms with Gasteiger partial charge in [-0.3, -0.25) is 4.99 Å². The van der Waals surface area contributed by atoms with Gasteiger partial charge in [-0.25, -0.2) is 0 Å². The molecule has 1 aromatic heterocycles. The predicted molar refractivity (Wildman–Crippen MR) is 108 cm³/mol. The van der Waals surface area contributed by atoms with Crippen molar-refractivity contribution in [1.29, 1.82) is 0 Å². The fraction of sp³-hybridized carbons (Fsp3) is 0.312. The molecule has 126 valence electrons. The fourth-order valence-electron chi connectivity index (χ4n) is 2.00. The van der Waals surface area contributed by atoms with E-state index in [0.717, 1.165) is 5.69 Å². The normalized spacial score (nSPS) is 12.2. The lowest BCUT2D eigenvalue weighted by Gasteiger charge is -2.11. The molecular formula is C16H22IN3O2S. The zero-order chi connectivity index (χ0) is 15.9. The van der Waals surface area contributed by atoms with Gasteiger partial charge in [0, 0.05) is 22.5 Å². The molecule has 0 spiro atoms. The number of benzene rings is 1. The molecule has 0 fully saturated rings. The maximum atomic E-state index is 5.94. The van der Waals surface area contributed by atoms with Crippen molar-refractivity contribution >= 4 is 47.0 Å². The van der Waals surface area contributed by atoms with Gasteiger partial charge >= 0.3 is 0 Å². The number of nitrogens with two attached hydrogens (primary N) is 1. The van der Waals surface area contributed by atoms with Crippen LogP contribution in [0.5, 0.6) is 11.5 Å². The van der Waals surface area contributed by atoms with E-state index in [1.165, 1.54) is 4.88 Å². The lowest BCUT2D eigenvalue weighted by atomic mass is 10.1. The molecule has 0 aliphatic carbocycles. The molecule has 1 atom stereocenters. The highest BCUT2D eigenvalue weighted by Crippen LogP contribution is 2.29. The van der Waals surface area contributed by atoms with Crippen molar-refractivity contribution in [2.45, 2.75) is 12.8 Å². The van der Waals surface area contributed by atoms with E-state index in [1.807, 2.05) is 24.3 Å². The summed E-state index contributed by atoms with van der Waals surface area (Å²) in [5, 5.41) is 5.13. The first kappa shape index (κ1) is 19.6. The van der Waals surface area contributed by atoms with E-state index in [9.17, 15) is 0 Å². The number of ether oxygens (including phenoxy) is 2. The lowest BCUT2D eigenvalue weighted by Crippen LogP contribution is -2.23. The number of aliphatic imine (C=N–C) groups is 1. The molecule has 3 N–H and O–H groups in total. The van der Waals surface area contributed by atoms with Gasteiger partial charge in [0.25, 0.3) is 0 Å². The molecule has 0 saturated carbocycles. The van der Waals surface area contributed by atoms with Crippen molar-refractivity contribution in [3.63, 3.8) is 0 Å². The highest BCUT2D eigenvalue weighted by atomic mass is 127. The first-order valence-corrected chi connectivity index (χ1v) is 7.84. The van der Waals surface area contributed by atoms with Crippen LogP contribution in [0.15, 0.2) is 40.7 Å². The number of nitrogens with zero attached hydrogens (tertiary/aromatic N) is 1. The maximum absolute atomic E-state index is 5.94. The number of nitrogens with one attached hydrogen (secondary N) is 1. The van der Waals surface area contributed by atoms with Gasteiger partial charge in [-0.1, -0.05) is 13.0 Å². The minimum atomic E-state index is 0. The van der Waals surface area contributed by atoms with Crippen LogP contribution < -0.4 is 20.5 Å². The predicted octanol–water partition coefficient (Wildman–Crippen LogP) is 3.91. The topological polar surface area (TPSA) is 68.9 Å². The summed E-state index contributed by atoms with van der Waals surface area (Å²) in [6.45, 7) is 2.78. The maximum Gasteiger partial charge on any atom is 0.193 e. The van der Waals surface area contributed by atoms with Crippen LogP contribution in [-0.2, 0) is 0 Å². The Morgan fingerprint density at radius 2 is 2.00 bits per heavy atom. The third kappa shape index (κ3) is 5.58. The van der Waals surface area contributed by atoms with Gasteiger partial charge in [0.2, 0.25) is 0 Å². The highest BCUT2D eigenvalue weighted by molar-refractivity contribution is 14.0. The number of hydrogen-bond acceptors (Lipinski definition) is 4. The number of halogens is 1. The van der Waals surface area contributed by atoms with Crippen LogP contribution in [-0.4, -0.2) is 26.7 Å². The van der Waals surface area contributed by atoms with Gasteiger partial charge in [-0.2, -0.15) is 0 Å². The molecule has 7 heteroatoms. The Kier molecular flexibility index (Phi) is 8.18. The van der Waals surface area contributed by atoms with Gasteiger partial charge in [-0.15, -0.1) is 35.3 Å². The monoisotopic (exact) mass is 447 g/mol. The van der Waals surface area contributed by atoms with Crippen molar-refractivity contribution in [3.8, 4) is 11.5 Å². The first-order chi connectivity index (χ1) is 10.6. The second kappa shape index (κ2) is 9.61. The molecule has 2 rings (SSSR count). The van der Waals surface area contributed by atoms with E-state index in [0.29, 0.717) is 29.9 Å². The van der Waals surface area contributed by atoms with E-state index in [1.54, 1.807) is 25.6 Å². The molecular weight excluding hydrogens is 425 g/mol. The summed E-state index contributed by atoms with van der Waals surface area (Å²) >= 11 is 1.73. The van der Waals surface area contributed by atoms with Crippen LogP contribution >= 0.6 is 35.3 Å². The zero-order valence-corrected chi connectivity index (χ0v) is 16.6. The van der Waals surface area contributed by atoms with Gasteiger partial charge in [0.1, 0.15) is 0 Å². The summed E-state index contributed by atoms with van der Waals surface area (Å²) < 4.78 is 10.5. The summed E-state index contributed by atoms with van der Waals surface area (Å²) in [5.74, 6) is 2.06. The fourth-order valence-corrected chi connectivity index (χ4v) is 2.78. The van der Waals surface area contributed by atoms with Crippen LogP contribution in [0.3, 0.4) is 0 Å². The first-order valence-electron chi connectivity index (χ1n) is 6.96. The number of guanidine groups is 1. The molecule has 0 radical (unpaired) electrons. The molecule has 1 aromatic carbocycles. The highest BCUT2D eigenvalue weighted by Gasteiger charge is 2.07. The standard InChI is InChI=1S/C16H21N3O2S.HI/c1-11(15-5-4-8-22-15)10-18-16(17)19-12-6-7-13(20-2)14(9-12)21-3;/h4-9,11H,10H2,1-3H3,(H3,17,18,19);1H. The molecule has 5 nitrogen and oxygen atoms in total. The van der Waals surface area contributed by atoms with Crippen LogP contribution in [0, 0.1) is 0 Å². The minimum absolute atomic E-state index is 0. The summed E-state index contributed by atoms with van der Waals surface area (Å²) in [4.78, 5) is 5.70. The number of methoxy groups -OCH3 is 2. The van der Waals surface area contributed by atoms with Crippen LogP contribution in [0.25, 0.3) is 0 Å². The van der Waals surface area contributed by atoms with Crippen LogP contribution in [0.1, 0.15) is 17.7 Å². The second-order valence-electron chi connectivity index (χ2n) is 4.84. The van der Waals surface area contributed by atoms with Crippen molar-refractivity contribution in [2.75, 3.05) is 26.1 Å². The SMILES string of the molecule is COc1ccc(NC(N)=NCC(C)c2cccs2)cc1OC.I. The minimum Gasteiger partial charge on any atom is -0.493 e. The average molecular weight is 447 g/mol. The van der Waals surface area contributed by atoms with E-state index in [2.05, 4.69) is 28.7 Å².